The van der Waals surface area contributed by atoms with Gasteiger partial charge in [0, 0.05) is 30.6 Å². The van der Waals surface area contributed by atoms with Gasteiger partial charge in [0.25, 0.3) is 0 Å². The molecule has 1 aliphatic rings. The van der Waals surface area contributed by atoms with E-state index in [1.807, 2.05) is 19.1 Å². The zero-order chi connectivity index (χ0) is 19.2. The molecule has 8 heteroatoms. The Morgan fingerprint density at radius 2 is 2.14 bits per heavy atom. The van der Waals surface area contributed by atoms with Gasteiger partial charge in [-0.05, 0) is 39.3 Å². The average Bonchev–Trinajstić information content (AvgIpc) is 3.25. The lowest BCUT2D eigenvalue weighted by atomic mass is 10.2. The van der Waals surface area contributed by atoms with Crippen LogP contribution in [0.2, 0.25) is 0 Å². The minimum absolute atomic E-state index is 0. The van der Waals surface area contributed by atoms with Gasteiger partial charge in [0.1, 0.15) is 5.75 Å². The van der Waals surface area contributed by atoms with E-state index in [0.29, 0.717) is 12.6 Å². The summed E-state index contributed by atoms with van der Waals surface area (Å²) < 4.78 is 5.51. The van der Waals surface area contributed by atoms with Crippen LogP contribution < -0.4 is 20.3 Å². The first-order valence-electron chi connectivity index (χ1n) is 9.46. The Labute approximate surface area is 188 Å². The zero-order valence-corrected chi connectivity index (χ0v) is 20.1. The first kappa shape index (κ1) is 22.7. The fraction of sp³-hybridized carbons (Fsp3) is 0.500. The van der Waals surface area contributed by atoms with Crippen LogP contribution in [0.1, 0.15) is 28.9 Å². The van der Waals surface area contributed by atoms with Crippen LogP contribution in [0.25, 0.3) is 0 Å². The van der Waals surface area contributed by atoms with Crippen LogP contribution in [-0.4, -0.2) is 43.7 Å². The molecule has 0 radical (unpaired) electrons. The van der Waals surface area contributed by atoms with Crippen molar-refractivity contribution in [1.29, 1.82) is 0 Å². The number of nitrogens with one attached hydrogen (secondary N) is 2. The topological polar surface area (TPSA) is 61.8 Å². The van der Waals surface area contributed by atoms with Crippen molar-refractivity contribution in [3.63, 3.8) is 0 Å². The van der Waals surface area contributed by atoms with Crippen molar-refractivity contribution in [3.8, 4) is 5.75 Å². The molecule has 0 bridgehead atoms. The molecular formula is C20H30IN5OS. The number of para-hydroxylation sites is 2. The number of anilines is 1. The van der Waals surface area contributed by atoms with Crippen LogP contribution in [0, 0.1) is 13.8 Å². The molecule has 1 unspecified atom stereocenters. The normalized spacial score (nSPS) is 16.6. The van der Waals surface area contributed by atoms with E-state index >= 15 is 0 Å². The highest BCUT2D eigenvalue weighted by molar-refractivity contribution is 14.0. The lowest BCUT2D eigenvalue weighted by molar-refractivity contribution is 0.415. The molecular weight excluding hydrogens is 485 g/mol. The summed E-state index contributed by atoms with van der Waals surface area (Å²) >= 11 is 1.72. The SMILES string of the molecule is CCNC(=NCc1sc(C)nc1C)NC1CCN(c2ccccc2OC)C1.I. The van der Waals surface area contributed by atoms with Crippen molar-refractivity contribution in [2.24, 2.45) is 4.99 Å². The number of hydrogen-bond acceptors (Lipinski definition) is 5. The third kappa shape index (κ3) is 5.73. The summed E-state index contributed by atoms with van der Waals surface area (Å²) in [5.41, 5.74) is 2.24. The van der Waals surface area contributed by atoms with Crippen LogP contribution in [0.3, 0.4) is 0 Å². The Bertz CT molecular complexity index is 795. The molecule has 0 spiro atoms. The van der Waals surface area contributed by atoms with Gasteiger partial charge in [-0.3, -0.25) is 0 Å². The maximum atomic E-state index is 5.51. The second-order valence-corrected chi connectivity index (χ2v) is 7.97. The van der Waals surface area contributed by atoms with E-state index in [1.165, 1.54) is 4.88 Å². The molecule has 6 nitrogen and oxygen atoms in total. The molecule has 0 amide bonds. The van der Waals surface area contributed by atoms with E-state index in [0.717, 1.165) is 54.2 Å². The fourth-order valence-corrected chi connectivity index (χ4v) is 4.23. The number of guanidine groups is 1. The van der Waals surface area contributed by atoms with E-state index in [4.69, 9.17) is 9.73 Å². The average molecular weight is 515 g/mol. The maximum absolute atomic E-state index is 5.51. The van der Waals surface area contributed by atoms with Crippen LogP contribution in [-0.2, 0) is 6.54 Å². The van der Waals surface area contributed by atoms with Gasteiger partial charge in [0.2, 0.25) is 0 Å². The molecule has 2 aromatic rings. The lowest BCUT2D eigenvalue weighted by Crippen LogP contribution is -2.44. The molecule has 1 saturated heterocycles. The molecule has 28 heavy (non-hydrogen) atoms. The number of rotatable bonds is 6. The molecule has 1 aromatic carbocycles. The maximum Gasteiger partial charge on any atom is 0.191 e. The molecule has 2 N–H and O–H groups in total. The molecule has 1 aromatic heterocycles. The van der Waals surface area contributed by atoms with Gasteiger partial charge >= 0.3 is 0 Å². The largest absolute Gasteiger partial charge is 0.495 e. The summed E-state index contributed by atoms with van der Waals surface area (Å²) in [7, 11) is 1.73. The van der Waals surface area contributed by atoms with E-state index in [-0.39, 0.29) is 24.0 Å². The van der Waals surface area contributed by atoms with Crippen molar-refractivity contribution in [2.45, 2.75) is 39.8 Å². The van der Waals surface area contributed by atoms with Crippen LogP contribution in [0.4, 0.5) is 5.69 Å². The van der Waals surface area contributed by atoms with Gasteiger partial charge in [-0.15, -0.1) is 35.3 Å². The van der Waals surface area contributed by atoms with Crippen molar-refractivity contribution >= 4 is 47.0 Å². The summed E-state index contributed by atoms with van der Waals surface area (Å²) in [6.07, 6.45) is 1.07. The minimum atomic E-state index is 0. The molecule has 1 aliphatic heterocycles. The Morgan fingerprint density at radius 3 is 2.82 bits per heavy atom. The Hall–Kier alpha value is -1.55. The summed E-state index contributed by atoms with van der Waals surface area (Å²) in [6, 6.07) is 8.56. The van der Waals surface area contributed by atoms with Gasteiger partial charge in [-0.2, -0.15) is 0 Å². The zero-order valence-electron chi connectivity index (χ0n) is 17.0. The molecule has 1 atom stereocenters. The Kier molecular flexibility index (Phi) is 8.81. The monoisotopic (exact) mass is 515 g/mol. The summed E-state index contributed by atoms with van der Waals surface area (Å²) in [5.74, 6) is 1.80. The van der Waals surface area contributed by atoms with Gasteiger partial charge in [0.05, 0.1) is 30.0 Å². The quantitative estimate of drug-likeness (QED) is 0.349. The van der Waals surface area contributed by atoms with Crippen molar-refractivity contribution in [1.82, 2.24) is 15.6 Å². The number of hydrogen-bond donors (Lipinski definition) is 2. The van der Waals surface area contributed by atoms with E-state index in [9.17, 15) is 0 Å². The third-order valence-corrected chi connectivity index (χ3v) is 5.74. The molecule has 154 valence electrons. The van der Waals surface area contributed by atoms with Crippen molar-refractivity contribution < 1.29 is 4.74 Å². The minimum Gasteiger partial charge on any atom is -0.495 e. The Morgan fingerprint density at radius 1 is 1.36 bits per heavy atom. The number of thiazole rings is 1. The molecule has 1 fully saturated rings. The third-order valence-electron chi connectivity index (χ3n) is 4.68. The van der Waals surface area contributed by atoms with Crippen molar-refractivity contribution in [2.75, 3.05) is 31.6 Å². The summed E-state index contributed by atoms with van der Waals surface area (Å²) in [6.45, 7) is 9.63. The highest BCUT2D eigenvalue weighted by atomic mass is 127. The molecule has 0 saturated carbocycles. The van der Waals surface area contributed by atoms with E-state index in [2.05, 4.69) is 46.5 Å². The van der Waals surface area contributed by atoms with Crippen LogP contribution in [0.5, 0.6) is 5.75 Å². The number of methoxy groups -OCH3 is 1. The number of aromatic nitrogens is 1. The van der Waals surface area contributed by atoms with Gasteiger partial charge in [-0.25, -0.2) is 9.98 Å². The highest BCUT2D eigenvalue weighted by Gasteiger charge is 2.25. The fourth-order valence-electron chi connectivity index (χ4n) is 3.37. The number of halogens is 1. The van der Waals surface area contributed by atoms with E-state index < -0.39 is 0 Å². The van der Waals surface area contributed by atoms with E-state index in [1.54, 1.807) is 18.4 Å². The molecule has 2 heterocycles. The molecule has 3 rings (SSSR count). The van der Waals surface area contributed by atoms with Crippen LogP contribution in [0.15, 0.2) is 29.3 Å². The van der Waals surface area contributed by atoms with Crippen molar-refractivity contribution in [3.05, 3.63) is 39.8 Å². The van der Waals surface area contributed by atoms with Gasteiger partial charge in [0.15, 0.2) is 5.96 Å². The van der Waals surface area contributed by atoms with Gasteiger partial charge < -0.3 is 20.3 Å². The first-order valence-corrected chi connectivity index (χ1v) is 10.3. The number of aryl methyl sites for hydroxylation is 2. The molecule has 0 aliphatic carbocycles. The predicted octanol–water partition coefficient (Wildman–Crippen LogP) is 3.72. The number of aliphatic imine (C=N–C) groups is 1. The number of nitrogens with zero attached hydrogens (tertiary/aromatic N) is 3. The van der Waals surface area contributed by atoms with Gasteiger partial charge in [-0.1, -0.05) is 12.1 Å². The smallest absolute Gasteiger partial charge is 0.191 e. The first-order chi connectivity index (χ1) is 13.1. The Balaban J connectivity index is 0.00000280. The summed E-state index contributed by atoms with van der Waals surface area (Å²) in [4.78, 5) is 12.9. The second kappa shape index (κ2) is 10.8. The standard InChI is InChI=1S/C20H29N5OS.HI/c1-5-21-20(22-12-19-14(2)23-15(3)27-19)24-16-10-11-25(13-16)17-8-6-7-9-18(17)26-4;/h6-9,16H,5,10-13H2,1-4H3,(H2,21,22,24);1H. The number of benzene rings is 1. The number of ether oxygens (including phenoxy) is 1. The lowest BCUT2D eigenvalue weighted by Gasteiger charge is -2.22. The van der Waals surface area contributed by atoms with Crippen LogP contribution >= 0.6 is 35.3 Å². The highest BCUT2D eigenvalue weighted by Crippen LogP contribution is 2.30. The second-order valence-electron chi connectivity index (χ2n) is 6.68. The predicted molar refractivity (Wildman–Crippen MR) is 129 cm³/mol. The summed E-state index contributed by atoms with van der Waals surface area (Å²) in [5, 5.41) is 8.05.